The molecule has 6 heteroatoms. The molecule has 1 atom stereocenters. The maximum Gasteiger partial charge on any atom is 0.259 e. The Morgan fingerprint density at radius 2 is 1.68 bits per heavy atom. The molecule has 0 spiro atoms. The summed E-state index contributed by atoms with van der Waals surface area (Å²) in [5, 5.41) is 2.80. The quantitative estimate of drug-likeness (QED) is 0.638. The molecular weight excluding hydrogens is 350 g/mol. The highest BCUT2D eigenvalue weighted by Crippen LogP contribution is 2.32. The highest BCUT2D eigenvalue weighted by Gasteiger charge is 2.22. The molecule has 5 N–H and O–H groups in total. The van der Waals surface area contributed by atoms with Gasteiger partial charge >= 0.3 is 0 Å². The topological polar surface area (TPSA) is 107 Å². The average molecular weight is 375 g/mol. The summed E-state index contributed by atoms with van der Waals surface area (Å²) < 4.78 is 0. The lowest BCUT2D eigenvalue weighted by molar-refractivity contribution is 0.102. The van der Waals surface area contributed by atoms with Crippen LogP contribution >= 0.6 is 0 Å². The Balaban J connectivity index is 1.86. The number of nitrogens with one attached hydrogen (secondary N) is 1. The molecule has 0 aliphatic heterocycles. The molecule has 1 unspecified atom stereocenters. The Bertz CT molecular complexity index is 962. The molecule has 2 aromatic heterocycles. The minimum atomic E-state index is -0.315. The van der Waals surface area contributed by atoms with Crippen molar-refractivity contribution in [2.75, 3.05) is 11.1 Å². The maximum absolute atomic E-state index is 12.6. The van der Waals surface area contributed by atoms with Crippen molar-refractivity contribution in [3.63, 3.8) is 0 Å². The number of carbonyl (C=O) groups excluding carboxylic acids is 1. The molecule has 1 aromatic carbocycles. The Labute approximate surface area is 165 Å². The molecule has 0 radical (unpaired) electrons. The fourth-order valence-electron chi connectivity index (χ4n) is 2.83. The lowest BCUT2D eigenvalue weighted by Crippen LogP contribution is -2.26. The molecule has 2 heterocycles. The first-order chi connectivity index (χ1) is 13.3. The zero-order chi connectivity index (χ0) is 20.3. The summed E-state index contributed by atoms with van der Waals surface area (Å²) in [4.78, 5) is 20.7. The minimum absolute atomic E-state index is 0.0253. The number of pyridine rings is 2. The number of anilines is 2. The second-order valence-electron chi connectivity index (χ2n) is 7.81. The molecule has 28 heavy (non-hydrogen) atoms. The summed E-state index contributed by atoms with van der Waals surface area (Å²) in [7, 11) is 0. The fraction of sp³-hybridized carbons (Fsp3) is 0.227. The van der Waals surface area contributed by atoms with Crippen LogP contribution in [-0.4, -0.2) is 15.9 Å². The number of benzene rings is 1. The Hall–Kier alpha value is -3.25. The number of nitrogens with zero attached hydrogens (tertiary/aromatic N) is 2. The largest absolute Gasteiger partial charge is 0.383 e. The maximum atomic E-state index is 12.6. The van der Waals surface area contributed by atoms with Crippen molar-refractivity contribution in [1.29, 1.82) is 0 Å². The highest BCUT2D eigenvalue weighted by atomic mass is 16.1. The van der Waals surface area contributed by atoms with Crippen LogP contribution in [0.25, 0.3) is 11.1 Å². The van der Waals surface area contributed by atoms with E-state index in [0.717, 1.165) is 16.7 Å². The first-order valence-electron chi connectivity index (χ1n) is 9.08. The Kier molecular flexibility index (Phi) is 5.42. The summed E-state index contributed by atoms with van der Waals surface area (Å²) in [6.45, 7) is 6.34. The number of nitrogen functional groups attached to an aromatic ring is 1. The van der Waals surface area contributed by atoms with Gasteiger partial charge in [-0.15, -0.1) is 0 Å². The van der Waals surface area contributed by atoms with Gasteiger partial charge in [-0.1, -0.05) is 45.0 Å². The number of hydrogen-bond acceptors (Lipinski definition) is 5. The zero-order valence-corrected chi connectivity index (χ0v) is 16.3. The standard InChI is InChI=1S/C22H25N5O/c1-22(2,3)19(23)15-6-4-14(5-7-15)16-12-18(20(24)26-13-16)21(28)27-17-8-10-25-11-9-17/h4-13,19H,23H2,1-3H3,(H2,24,26)(H,25,27,28). The number of nitrogens with two attached hydrogens (primary N) is 2. The SMILES string of the molecule is CC(C)(C)C(N)c1ccc(-c2cnc(N)c(C(=O)Nc3ccncc3)c2)cc1. The molecule has 0 saturated carbocycles. The van der Waals surface area contributed by atoms with Gasteiger partial charge in [0.05, 0.1) is 5.56 Å². The molecule has 1 amide bonds. The summed E-state index contributed by atoms with van der Waals surface area (Å²) in [5.74, 6) is -0.133. The van der Waals surface area contributed by atoms with Crippen molar-refractivity contribution in [1.82, 2.24) is 9.97 Å². The van der Waals surface area contributed by atoms with E-state index in [-0.39, 0.29) is 23.2 Å². The normalized spacial score (nSPS) is 12.4. The van der Waals surface area contributed by atoms with E-state index >= 15 is 0 Å². The van der Waals surface area contributed by atoms with Crippen LogP contribution in [0.3, 0.4) is 0 Å². The predicted molar refractivity (Wildman–Crippen MR) is 113 cm³/mol. The van der Waals surface area contributed by atoms with Gasteiger partial charge in [-0.25, -0.2) is 4.98 Å². The Morgan fingerprint density at radius 3 is 2.29 bits per heavy atom. The van der Waals surface area contributed by atoms with E-state index in [2.05, 4.69) is 36.1 Å². The Morgan fingerprint density at radius 1 is 1.04 bits per heavy atom. The van der Waals surface area contributed by atoms with Crippen molar-refractivity contribution in [2.24, 2.45) is 11.1 Å². The summed E-state index contributed by atoms with van der Waals surface area (Å²) >= 11 is 0. The van der Waals surface area contributed by atoms with Gasteiger partial charge < -0.3 is 16.8 Å². The van der Waals surface area contributed by atoms with Crippen molar-refractivity contribution in [3.8, 4) is 11.1 Å². The van der Waals surface area contributed by atoms with Crippen LogP contribution in [0.1, 0.15) is 42.7 Å². The third kappa shape index (κ3) is 4.35. The second kappa shape index (κ2) is 7.78. The smallest absolute Gasteiger partial charge is 0.259 e. The molecule has 3 aromatic rings. The van der Waals surface area contributed by atoms with E-state index in [1.165, 1.54) is 0 Å². The van der Waals surface area contributed by atoms with Crippen LogP contribution in [0.5, 0.6) is 0 Å². The molecule has 3 rings (SSSR count). The summed E-state index contributed by atoms with van der Waals surface area (Å²) in [5.41, 5.74) is 16.0. The van der Waals surface area contributed by atoms with Crippen LogP contribution in [0.15, 0.2) is 61.1 Å². The van der Waals surface area contributed by atoms with E-state index in [1.54, 1.807) is 36.8 Å². The van der Waals surface area contributed by atoms with Crippen LogP contribution < -0.4 is 16.8 Å². The molecular formula is C22H25N5O. The van der Waals surface area contributed by atoms with E-state index in [1.807, 2.05) is 24.3 Å². The van der Waals surface area contributed by atoms with Gasteiger partial charge in [-0.3, -0.25) is 9.78 Å². The van der Waals surface area contributed by atoms with Crippen molar-refractivity contribution in [2.45, 2.75) is 26.8 Å². The zero-order valence-electron chi connectivity index (χ0n) is 16.3. The van der Waals surface area contributed by atoms with Crippen LogP contribution in [0, 0.1) is 5.41 Å². The number of amides is 1. The first-order valence-corrected chi connectivity index (χ1v) is 9.08. The number of rotatable bonds is 4. The molecule has 0 aliphatic carbocycles. The summed E-state index contributed by atoms with van der Waals surface area (Å²) in [6, 6.07) is 13.1. The van der Waals surface area contributed by atoms with Gasteiger partial charge in [-0.2, -0.15) is 0 Å². The van der Waals surface area contributed by atoms with Gasteiger partial charge in [-0.05, 0) is 34.7 Å². The molecule has 0 saturated heterocycles. The second-order valence-corrected chi connectivity index (χ2v) is 7.81. The molecule has 0 aliphatic rings. The van der Waals surface area contributed by atoms with Crippen LogP contribution in [0.2, 0.25) is 0 Å². The van der Waals surface area contributed by atoms with E-state index < -0.39 is 0 Å². The number of hydrogen-bond donors (Lipinski definition) is 3. The number of aromatic nitrogens is 2. The van der Waals surface area contributed by atoms with Crippen LogP contribution in [0.4, 0.5) is 11.5 Å². The molecule has 144 valence electrons. The van der Waals surface area contributed by atoms with Crippen molar-refractivity contribution < 1.29 is 4.79 Å². The number of carbonyl (C=O) groups is 1. The lowest BCUT2D eigenvalue weighted by Gasteiger charge is -2.27. The predicted octanol–water partition coefficient (Wildman–Crippen LogP) is 4.02. The molecule has 0 fully saturated rings. The molecule has 6 nitrogen and oxygen atoms in total. The van der Waals surface area contributed by atoms with Gasteiger partial charge in [0.25, 0.3) is 5.91 Å². The average Bonchev–Trinajstić information content (AvgIpc) is 2.68. The van der Waals surface area contributed by atoms with E-state index in [4.69, 9.17) is 11.5 Å². The first kappa shape index (κ1) is 19.5. The van der Waals surface area contributed by atoms with Gasteiger partial charge in [0.1, 0.15) is 5.82 Å². The lowest BCUT2D eigenvalue weighted by atomic mass is 9.83. The fourth-order valence-corrected chi connectivity index (χ4v) is 2.83. The highest BCUT2D eigenvalue weighted by molar-refractivity contribution is 6.07. The van der Waals surface area contributed by atoms with Gasteiger partial charge in [0.2, 0.25) is 0 Å². The molecule has 0 bridgehead atoms. The van der Waals surface area contributed by atoms with Gasteiger partial charge in [0, 0.05) is 35.9 Å². The van der Waals surface area contributed by atoms with Crippen LogP contribution in [-0.2, 0) is 0 Å². The van der Waals surface area contributed by atoms with Crippen molar-refractivity contribution >= 4 is 17.4 Å². The van der Waals surface area contributed by atoms with Crippen molar-refractivity contribution in [3.05, 3.63) is 72.2 Å². The third-order valence-electron chi connectivity index (χ3n) is 4.64. The van der Waals surface area contributed by atoms with E-state index in [9.17, 15) is 4.79 Å². The monoisotopic (exact) mass is 375 g/mol. The minimum Gasteiger partial charge on any atom is -0.383 e. The van der Waals surface area contributed by atoms with E-state index in [0.29, 0.717) is 11.3 Å². The van der Waals surface area contributed by atoms with Gasteiger partial charge in [0.15, 0.2) is 0 Å². The third-order valence-corrected chi connectivity index (χ3v) is 4.64. The summed E-state index contributed by atoms with van der Waals surface area (Å²) in [6.07, 6.45) is 4.88.